The number of amides is 1. The van der Waals surface area contributed by atoms with Gasteiger partial charge in [0.15, 0.2) is 5.82 Å². The van der Waals surface area contributed by atoms with Crippen LogP contribution in [0.15, 0.2) is 67.5 Å². The van der Waals surface area contributed by atoms with Crippen molar-refractivity contribution in [3.05, 3.63) is 73.1 Å². The van der Waals surface area contributed by atoms with Crippen molar-refractivity contribution in [2.24, 2.45) is 7.05 Å². The van der Waals surface area contributed by atoms with Gasteiger partial charge in [-0.25, -0.2) is 24.0 Å². The van der Waals surface area contributed by atoms with Crippen molar-refractivity contribution in [3.63, 3.8) is 0 Å². The average Bonchev–Trinajstić information content (AvgIpc) is 3.37. The SMILES string of the molecule is C=CC(=O)N1CCN(c2ccc3ncnc(Nc4ccc(Oc5ccc6c(c5)nnn6C)c(C)c4)c3n2)CC1CF. The molecule has 1 atom stereocenters. The fraction of sp³-hybridized carbons (Fsp3) is 0.241. The molecule has 0 bridgehead atoms. The third kappa shape index (κ3) is 5.11. The first-order chi connectivity index (χ1) is 19.9. The zero-order valence-electron chi connectivity index (χ0n) is 22.7. The van der Waals surface area contributed by atoms with Crippen LogP contribution in [0.3, 0.4) is 0 Å². The highest BCUT2D eigenvalue weighted by Gasteiger charge is 2.30. The summed E-state index contributed by atoms with van der Waals surface area (Å²) in [6, 6.07) is 14.6. The predicted octanol–water partition coefficient (Wildman–Crippen LogP) is 4.32. The Morgan fingerprint density at radius 1 is 1.15 bits per heavy atom. The summed E-state index contributed by atoms with van der Waals surface area (Å²) in [6.45, 7) is 6.08. The number of carbonyl (C=O) groups excluding carboxylic acids is 1. The normalized spacial score (nSPS) is 15.3. The first-order valence-corrected chi connectivity index (χ1v) is 13.1. The van der Waals surface area contributed by atoms with Gasteiger partial charge in [-0.3, -0.25) is 4.79 Å². The number of piperazine rings is 1. The van der Waals surface area contributed by atoms with Crippen molar-refractivity contribution in [1.82, 2.24) is 34.8 Å². The van der Waals surface area contributed by atoms with E-state index in [0.717, 1.165) is 22.3 Å². The van der Waals surface area contributed by atoms with E-state index < -0.39 is 12.7 Å². The first-order valence-electron chi connectivity index (χ1n) is 13.1. The van der Waals surface area contributed by atoms with Gasteiger partial charge in [0.25, 0.3) is 0 Å². The maximum Gasteiger partial charge on any atom is 0.246 e. The summed E-state index contributed by atoms with van der Waals surface area (Å²) in [6.07, 6.45) is 2.71. The lowest BCUT2D eigenvalue weighted by Gasteiger charge is -2.40. The number of nitrogens with zero attached hydrogens (tertiary/aromatic N) is 8. The predicted molar refractivity (Wildman–Crippen MR) is 154 cm³/mol. The maximum absolute atomic E-state index is 13.8. The van der Waals surface area contributed by atoms with Gasteiger partial charge in [0, 0.05) is 38.4 Å². The van der Waals surface area contributed by atoms with Crippen LogP contribution in [0.1, 0.15) is 5.56 Å². The van der Waals surface area contributed by atoms with Crippen molar-refractivity contribution < 1.29 is 13.9 Å². The summed E-state index contributed by atoms with van der Waals surface area (Å²) >= 11 is 0. The first kappa shape index (κ1) is 26.1. The van der Waals surface area contributed by atoms with Crippen LogP contribution in [0.5, 0.6) is 11.5 Å². The molecule has 208 valence electrons. The Morgan fingerprint density at radius 3 is 2.83 bits per heavy atom. The van der Waals surface area contributed by atoms with E-state index in [9.17, 15) is 9.18 Å². The number of rotatable bonds is 7. The monoisotopic (exact) mass is 553 g/mol. The largest absolute Gasteiger partial charge is 0.457 e. The van der Waals surface area contributed by atoms with E-state index in [1.807, 2.05) is 67.4 Å². The van der Waals surface area contributed by atoms with Crippen molar-refractivity contribution in [1.29, 1.82) is 0 Å². The second-order valence-corrected chi connectivity index (χ2v) is 9.82. The van der Waals surface area contributed by atoms with Crippen molar-refractivity contribution in [2.75, 3.05) is 36.5 Å². The third-order valence-corrected chi connectivity index (χ3v) is 7.16. The third-order valence-electron chi connectivity index (χ3n) is 7.16. The number of benzene rings is 2. The van der Waals surface area contributed by atoms with E-state index in [1.54, 1.807) is 4.68 Å². The Hall–Kier alpha value is -5.13. The summed E-state index contributed by atoms with van der Waals surface area (Å²) < 4.78 is 21.6. The molecule has 1 aliphatic heterocycles. The summed E-state index contributed by atoms with van der Waals surface area (Å²) in [4.78, 5) is 29.3. The zero-order valence-corrected chi connectivity index (χ0v) is 22.7. The number of aryl methyl sites for hydroxylation is 2. The van der Waals surface area contributed by atoms with Crippen molar-refractivity contribution >= 4 is 45.3 Å². The highest BCUT2D eigenvalue weighted by Crippen LogP contribution is 2.31. The van der Waals surface area contributed by atoms with E-state index in [2.05, 4.69) is 32.2 Å². The fourth-order valence-electron chi connectivity index (χ4n) is 4.99. The molecule has 0 radical (unpaired) electrons. The van der Waals surface area contributed by atoms with Gasteiger partial charge >= 0.3 is 0 Å². The van der Waals surface area contributed by atoms with Gasteiger partial charge in [-0.05, 0) is 61.0 Å². The van der Waals surface area contributed by atoms with Crippen LogP contribution in [0.2, 0.25) is 0 Å². The van der Waals surface area contributed by atoms with E-state index in [1.165, 1.54) is 17.3 Å². The van der Waals surface area contributed by atoms with Gasteiger partial charge in [-0.2, -0.15) is 0 Å². The Kier molecular flexibility index (Phi) is 6.88. The molecule has 6 rings (SSSR count). The van der Waals surface area contributed by atoms with Crippen LogP contribution in [0.4, 0.5) is 21.7 Å². The Labute approximate surface area is 235 Å². The lowest BCUT2D eigenvalue weighted by molar-refractivity contribution is -0.129. The number of aromatic nitrogens is 6. The van der Waals surface area contributed by atoms with E-state index in [4.69, 9.17) is 9.72 Å². The summed E-state index contributed by atoms with van der Waals surface area (Å²) in [5, 5.41) is 11.5. The number of fused-ring (bicyclic) bond motifs is 2. The minimum absolute atomic E-state index is 0.267. The number of hydrogen-bond donors (Lipinski definition) is 1. The molecule has 1 unspecified atom stereocenters. The molecule has 12 heteroatoms. The van der Waals surface area contributed by atoms with Crippen LogP contribution >= 0.6 is 0 Å². The number of halogens is 1. The molecular formula is C29H28FN9O2. The highest BCUT2D eigenvalue weighted by molar-refractivity contribution is 5.89. The van der Waals surface area contributed by atoms with Crippen LogP contribution in [-0.2, 0) is 11.8 Å². The summed E-state index contributed by atoms with van der Waals surface area (Å²) in [5.41, 5.74) is 4.67. The lowest BCUT2D eigenvalue weighted by atomic mass is 10.1. The molecule has 0 saturated carbocycles. The van der Waals surface area contributed by atoms with Gasteiger partial charge in [0.1, 0.15) is 41.4 Å². The van der Waals surface area contributed by atoms with Gasteiger partial charge in [0.2, 0.25) is 5.91 Å². The molecule has 1 amide bonds. The Morgan fingerprint density at radius 2 is 2.02 bits per heavy atom. The van der Waals surface area contributed by atoms with E-state index in [-0.39, 0.29) is 5.91 Å². The number of hydrogen-bond acceptors (Lipinski definition) is 9. The number of carbonyl (C=O) groups is 1. The molecule has 1 N–H and O–H groups in total. The second kappa shape index (κ2) is 10.8. The molecule has 0 spiro atoms. The van der Waals surface area contributed by atoms with Gasteiger partial charge < -0.3 is 19.9 Å². The second-order valence-electron chi connectivity index (χ2n) is 9.82. The minimum Gasteiger partial charge on any atom is -0.457 e. The van der Waals surface area contributed by atoms with Crippen molar-refractivity contribution in [2.45, 2.75) is 13.0 Å². The number of ether oxygens (including phenoxy) is 1. The molecule has 5 aromatic rings. The van der Waals surface area contributed by atoms with E-state index in [0.29, 0.717) is 53.8 Å². The Bertz CT molecular complexity index is 1770. The molecule has 2 aromatic carbocycles. The lowest BCUT2D eigenvalue weighted by Crippen LogP contribution is -2.56. The van der Waals surface area contributed by atoms with Crippen LogP contribution in [0.25, 0.3) is 22.1 Å². The topological polar surface area (TPSA) is 114 Å². The number of anilines is 3. The Balaban J connectivity index is 1.22. The van der Waals surface area contributed by atoms with Crippen LogP contribution < -0.4 is 15.0 Å². The quantitative estimate of drug-likeness (QED) is 0.294. The smallest absolute Gasteiger partial charge is 0.246 e. The standard InChI is InChI=1S/C29H28FN9O2/c1-4-27(40)39-12-11-38(16-20(39)15-30)26-10-7-22-28(34-26)29(32-17-31-22)33-19-5-9-25(18(2)13-19)41-21-6-8-24-23(14-21)35-36-37(24)3/h4-10,13-14,17,20H,1,11-12,15-16H2,2-3H3,(H,31,32,33). The molecule has 4 heterocycles. The van der Waals surface area contributed by atoms with E-state index >= 15 is 0 Å². The highest BCUT2D eigenvalue weighted by atomic mass is 19.1. The van der Waals surface area contributed by atoms with Gasteiger partial charge in [-0.1, -0.05) is 11.8 Å². The summed E-state index contributed by atoms with van der Waals surface area (Å²) in [5.74, 6) is 2.32. The van der Waals surface area contributed by atoms with Gasteiger partial charge in [0.05, 0.1) is 17.1 Å². The zero-order chi connectivity index (χ0) is 28.5. The average molecular weight is 554 g/mol. The number of alkyl halides is 1. The number of nitrogens with one attached hydrogen (secondary N) is 1. The number of pyridine rings is 1. The maximum atomic E-state index is 13.8. The minimum atomic E-state index is -0.645. The van der Waals surface area contributed by atoms with Crippen LogP contribution in [-0.4, -0.2) is 73.1 Å². The molecule has 1 aliphatic rings. The molecule has 3 aromatic heterocycles. The molecule has 1 saturated heterocycles. The van der Waals surface area contributed by atoms with Crippen LogP contribution in [0, 0.1) is 6.92 Å². The molecule has 1 fully saturated rings. The van der Waals surface area contributed by atoms with Crippen molar-refractivity contribution in [3.8, 4) is 11.5 Å². The molecule has 0 aliphatic carbocycles. The van der Waals surface area contributed by atoms with Gasteiger partial charge in [-0.15, -0.1) is 5.10 Å². The molecule has 11 nitrogen and oxygen atoms in total. The fourth-order valence-corrected chi connectivity index (χ4v) is 4.99. The molecular weight excluding hydrogens is 525 g/mol. The molecule has 41 heavy (non-hydrogen) atoms. The summed E-state index contributed by atoms with van der Waals surface area (Å²) in [7, 11) is 1.85.